The van der Waals surface area contributed by atoms with Gasteiger partial charge in [-0.1, -0.05) is 17.7 Å². The highest BCUT2D eigenvalue weighted by atomic mass is 32.2. The SMILES string of the molecule is Cc1ccc(SCS)cc1. The van der Waals surface area contributed by atoms with Crippen molar-refractivity contribution in [2.24, 2.45) is 0 Å². The van der Waals surface area contributed by atoms with Gasteiger partial charge in [-0.2, -0.15) is 12.6 Å². The molecule has 0 spiro atoms. The van der Waals surface area contributed by atoms with Crippen LogP contribution in [0.5, 0.6) is 0 Å². The summed E-state index contributed by atoms with van der Waals surface area (Å²) in [5.74, 6) is 0. The van der Waals surface area contributed by atoms with Crippen molar-refractivity contribution in [2.75, 3.05) is 5.08 Å². The Balaban J connectivity index is 2.69. The first kappa shape index (κ1) is 8.02. The molecule has 0 unspecified atom stereocenters. The van der Waals surface area contributed by atoms with Gasteiger partial charge in [0.15, 0.2) is 0 Å². The second kappa shape index (κ2) is 3.94. The van der Waals surface area contributed by atoms with Crippen molar-refractivity contribution in [3.8, 4) is 0 Å². The second-order valence-corrected chi connectivity index (χ2v) is 3.88. The maximum Gasteiger partial charge on any atom is 0.0409 e. The lowest BCUT2D eigenvalue weighted by Gasteiger charge is -1.96. The standard InChI is InChI=1S/C8H10S2/c1-7-2-4-8(5-3-7)10-6-9/h2-5,9H,6H2,1H3. The first-order valence-corrected chi connectivity index (χ1v) is 4.75. The minimum atomic E-state index is 0.850. The number of hydrogen-bond acceptors (Lipinski definition) is 2. The van der Waals surface area contributed by atoms with E-state index in [2.05, 4.69) is 43.8 Å². The van der Waals surface area contributed by atoms with Gasteiger partial charge < -0.3 is 0 Å². The van der Waals surface area contributed by atoms with Gasteiger partial charge in [-0.3, -0.25) is 0 Å². The Kier molecular flexibility index (Phi) is 3.16. The predicted molar refractivity (Wildman–Crippen MR) is 50.9 cm³/mol. The van der Waals surface area contributed by atoms with Crippen LogP contribution in [-0.2, 0) is 0 Å². The van der Waals surface area contributed by atoms with Crippen molar-refractivity contribution in [3.63, 3.8) is 0 Å². The molecule has 54 valence electrons. The highest BCUT2D eigenvalue weighted by Crippen LogP contribution is 2.18. The average Bonchev–Trinajstić information content (AvgIpc) is 1.95. The Hall–Kier alpha value is -0.0800. The van der Waals surface area contributed by atoms with E-state index in [-0.39, 0.29) is 0 Å². The average molecular weight is 170 g/mol. The Labute approximate surface area is 71.4 Å². The van der Waals surface area contributed by atoms with E-state index < -0.39 is 0 Å². The molecule has 0 N–H and O–H groups in total. The van der Waals surface area contributed by atoms with Crippen LogP contribution in [0.4, 0.5) is 0 Å². The van der Waals surface area contributed by atoms with E-state index in [0.717, 1.165) is 5.08 Å². The van der Waals surface area contributed by atoms with E-state index in [1.165, 1.54) is 10.5 Å². The molecule has 0 bridgehead atoms. The van der Waals surface area contributed by atoms with Crippen LogP contribution >= 0.6 is 24.4 Å². The summed E-state index contributed by atoms with van der Waals surface area (Å²) in [4.78, 5) is 1.29. The van der Waals surface area contributed by atoms with Gasteiger partial charge in [0.1, 0.15) is 0 Å². The zero-order chi connectivity index (χ0) is 7.40. The van der Waals surface area contributed by atoms with Crippen LogP contribution in [-0.4, -0.2) is 5.08 Å². The lowest BCUT2D eigenvalue weighted by atomic mass is 10.2. The van der Waals surface area contributed by atoms with Crippen LogP contribution in [0.2, 0.25) is 0 Å². The smallest absolute Gasteiger partial charge is 0.0409 e. The molecule has 0 atom stereocenters. The zero-order valence-corrected chi connectivity index (χ0v) is 7.58. The van der Waals surface area contributed by atoms with Crippen LogP contribution in [0, 0.1) is 6.92 Å². The van der Waals surface area contributed by atoms with E-state index in [1.807, 2.05) is 0 Å². The van der Waals surface area contributed by atoms with Crippen LogP contribution < -0.4 is 0 Å². The number of thioether (sulfide) groups is 1. The second-order valence-electron chi connectivity index (χ2n) is 2.09. The van der Waals surface area contributed by atoms with E-state index in [1.54, 1.807) is 11.8 Å². The molecule has 0 fully saturated rings. The Morgan fingerprint density at radius 1 is 1.30 bits per heavy atom. The van der Waals surface area contributed by atoms with Gasteiger partial charge in [0.05, 0.1) is 0 Å². The summed E-state index contributed by atoms with van der Waals surface area (Å²) in [6, 6.07) is 8.48. The van der Waals surface area contributed by atoms with E-state index in [0.29, 0.717) is 0 Å². The van der Waals surface area contributed by atoms with Crippen LogP contribution in [0.1, 0.15) is 5.56 Å². The van der Waals surface area contributed by atoms with Crippen LogP contribution in [0.3, 0.4) is 0 Å². The topological polar surface area (TPSA) is 0 Å². The van der Waals surface area contributed by atoms with Gasteiger partial charge in [-0.25, -0.2) is 0 Å². The normalized spacial score (nSPS) is 9.80. The van der Waals surface area contributed by atoms with E-state index in [4.69, 9.17) is 0 Å². The van der Waals surface area contributed by atoms with Crippen molar-refractivity contribution in [3.05, 3.63) is 29.8 Å². The minimum absolute atomic E-state index is 0.850. The molecule has 0 aliphatic heterocycles. The third-order valence-electron chi connectivity index (χ3n) is 1.25. The lowest BCUT2D eigenvalue weighted by Crippen LogP contribution is -1.72. The maximum atomic E-state index is 4.12. The molecule has 2 heteroatoms. The third kappa shape index (κ3) is 2.27. The molecule has 0 amide bonds. The quantitative estimate of drug-likeness (QED) is 0.404. The van der Waals surface area contributed by atoms with Crippen molar-refractivity contribution in [1.82, 2.24) is 0 Å². The third-order valence-corrected chi connectivity index (χ3v) is 2.37. The summed E-state index contributed by atoms with van der Waals surface area (Å²) in [6.45, 7) is 2.09. The predicted octanol–water partition coefficient (Wildman–Crippen LogP) is 2.97. The van der Waals surface area contributed by atoms with Crippen molar-refractivity contribution in [2.45, 2.75) is 11.8 Å². The molecule has 0 heterocycles. The Morgan fingerprint density at radius 2 is 1.90 bits per heavy atom. The molecule has 10 heavy (non-hydrogen) atoms. The summed E-state index contributed by atoms with van der Waals surface area (Å²) in [5, 5.41) is 0.850. The van der Waals surface area contributed by atoms with Gasteiger partial charge in [0.25, 0.3) is 0 Å². The van der Waals surface area contributed by atoms with E-state index in [9.17, 15) is 0 Å². The molecule has 0 saturated carbocycles. The number of hydrogen-bond donors (Lipinski definition) is 1. The van der Waals surface area contributed by atoms with Crippen LogP contribution in [0.15, 0.2) is 29.2 Å². The molecule has 1 aromatic carbocycles. The fourth-order valence-corrected chi connectivity index (χ4v) is 1.63. The monoisotopic (exact) mass is 170 g/mol. The minimum Gasteiger partial charge on any atom is -0.168 e. The fourth-order valence-electron chi connectivity index (χ4n) is 0.709. The largest absolute Gasteiger partial charge is 0.168 e. The van der Waals surface area contributed by atoms with Crippen molar-refractivity contribution < 1.29 is 0 Å². The van der Waals surface area contributed by atoms with Crippen molar-refractivity contribution >= 4 is 24.4 Å². The molecule has 1 rings (SSSR count). The van der Waals surface area contributed by atoms with Crippen LogP contribution in [0.25, 0.3) is 0 Å². The first-order chi connectivity index (χ1) is 4.83. The van der Waals surface area contributed by atoms with Crippen molar-refractivity contribution in [1.29, 1.82) is 0 Å². The molecule has 0 saturated heterocycles. The van der Waals surface area contributed by atoms with Gasteiger partial charge in [0, 0.05) is 9.98 Å². The maximum absolute atomic E-state index is 4.12. The molecular weight excluding hydrogens is 160 g/mol. The summed E-state index contributed by atoms with van der Waals surface area (Å²) in [7, 11) is 0. The molecule has 0 aliphatic carbocycles. The summed E-state index contributed by atoms with van der Waals surface area (Å²) in [6.07, 6.45) is 0. The zero-order valence-electron chi connectivity index (χ0n) is 5.87. The highest BCUT2D eigenvalue weighted by molar-refractivity contribution is 8.09. The highest BCUT2D eigenvalue weighted by Gasteiger charge is 1.88. The Bertz CT molecular complexity index is 191. The van der Waals surface area contributed by atoms with Gasteiger partial charge >= 0.3 is 0 Å². The molecule has 0 radical (unpaired) electrons. The lowest BCUT2D eigenvalue weighted by molar-refractivity contribution is 1.38. The molecular formula is C8H10S2. The molecule has 0 aliphatic rings. The first-order valence-electron chi connectivity index (χ1n) is 3.13. The van der Waals surface area contributed by atoms with Gasteiger partial charge in [0.2, 0.25) is 0 Å². The molecule has 1 aromatic rings. The van der Waals surface area contributed by atoms with Gasteiger partial charge in [-0.05, 0) is 19.1 Å². The molecule has 0 nitrogen and oxygen atoms in total. The number of benzene rings is 1. The summed E-state index contributed by atoms with van der Waals surface area (Å²) >= 11 is 5.87. The van der Waals surface area contributed by atoms with E-state index >= 15 is 0 Å². The number of rotatable bonds is 2. The fraction of sp³-hybridized carbons (Fsp3) is 0.250. The number of aryl methyl sites for hydroxylation is 1. The number of thiol groups is 1. The summed E-state index contributed by atoms with van der Waals surface area (Å²) in [5.41, 5.74) is 1.31. The summed E-state index contributed by atoms with van der Waals surface area (Å²) < 4.78 is 0. The van der Waals surface area contributed by atoms with Gasteiger partial charge in [-0.15, -0.1) is 11.8 Å². The Morgan fingerprint density at radius 3 is 2.40 bits per heavy atom. The molecule has 0 aromatic heterocycles.